The van der Waals surface area contributed by atoms with E-state index < -0.39 is 0 Å². The van der Waals surface area contributed by atoms with E-state index in [1.165, 1.54) is 0 Å². The molecule has 2 N–H and O–H groups in total. The highest BCUT2D eigenvalue weighted by molar-refractivity contribution is 6.34. The van der Waals surface area contributed by atoms with Gasteiger partial charge in [0.05, 0.1) is 18.7 Å². The highest BCUT2D eigenvalue weighted by atomic mass is 35.5. The number of ether oxygens (including phenoxy) is 2. The smallest absolute Gasteiger partial charge is 0.138 e. The lowest BCUT2D eigenvalue weighted by Crippen LogP contribution is -2.04. The topological polar surface area (TPSA) is 44.5 Å². The molecule has 0 fully saturated rings. The van der Waals surface area contributed by atoms with Crippen LogP contribution in [-0.2, 0) is 11.3 Å². The summed E-state index contributed by atoms with van der Waals surface area (Å²) in [6, 6.07) is 3.44. The molecule has 0 spiro atoms. The third-order valence-corrected chi connectivity index (χ3v) is 2.72. The first-order valence-electron chi connectivity index (χ1n) is 4.98. The van der Waals surface area contributed by atoms with Gasteiger partial charge in [-0.15, -0.1) is 0 Å². The Morgan fingerprint density at radius 3 is 2.62 bits per heavy atom. The molecule has 0 aliphatic heterocycles. The van der Waals surface area contributed by atoms with Crippen molar-refractivity contribution in [3.8, 4) is 5.75 Å². The fourth-order valence-corrected chi connectivity index (χ4v) is 1.68. The monoisotopic (exact) mass is 263 g/mol. The van der Waals surface area contributed by atoms with Crippen LogP contribution in [0.1, 0.15) is 12.0 Å². The van der Waals surface area contributed by atoms with Crippen LogP contribution in [0.15, 0.2) is 12.1 Å². The van der Waals surface area contributed by atoms with Crippen molar-refractivity contribution < 1.29 is 9.47 Å². The van der Waals surface area contributed by atoms with Crippen LogP contribution in [0.5, 0.6) is 5.75 Å². The largest absolute Gasteiger partial charge is 0.495 e. The molecule has 0 radical (unpaired) electrons. The molecule has 0 heterocycles. The lowest BCUT2D eigenvalue weighted by Gasteiger charge is -2.09. The molecule has 0 aliphatic carbocycles. The summed E-state index contributed by atoms with van der Waals surface area (Å²) >= 11 is 12.0. The molecule has 90 valence electrons. The summed E-state index contributed by atoms with van der Waals surface area (Å²) in [6.07, 6.45) is 0.835. The van der Waals surface area contributed by atoms with Crippen molar-refractivity contribution in [1.29, 1.82) is 0 Å². The zero-order valence-corrected chi connectivity index (χ0v) is 10.6. The van der Waals surface area contributed by atoms with Gasteiger partial charge in [-0.3, -0.25) is 0 Å². The van der Waals surface area contributed by atoms with Crippen molar-refractivity contribution >= 4 is 23.2 Å². The Labute approximate surface area is 105 Å². The second-order valence-electron chi connectivity index (χ2n) is 3.27. The number of hydrogen-bond donors (Lipinski definition) is 1. The van der Waals surface area contributed by atoms with Gasteiger partial charge < -0.3 is 15.2 Å². The lowest BCUT2D eigenvalue weighted by molar-refractivity contribution is 0.120. The number of nitrogens with two attached hydrogens (primary N) is 1. The number of hydrogen-bond acceptors (Lipinski definition) is 3. The van der Waals surface area contributed by atoms with Crippen molar-refractivity contribution in [2.45, 2.75) is 13.0 Å². The average molecular weight is 264 g/mol. The standard InChI is InChI=1S/C11H15Cl2NO2/c1-15-11-6-9(12)8(5-10(11)13)7-16-4-2-3-14/h5-6H,2-4,7,14H2,1H3. The van der Waals surface area contributed by atoms with Crippen LogP contribution in [0.2, 0.25) is 10.0 Å². The second kappa shape index (κ2) is 6.97. The maximum atomic E-state index is 6.05. The maximum absolute atomic E-state index is 6.05. The average Bonchev–Trinajstić information content (AvgIpc) is 2.28. The van der Waals surface area contributed by atoms with E-state index >= 15 is 0 Å². The molecule has 0 saturated carbocycles. The van der Waals surface area contributed by atoms with Crippen LogP contribution in [0.4, 0.5) is 0 Å². The minimum absolute atomic E-state index is 0.433. The Kier molecular flexibility index (Phi) is 5.91. The van der Waals surface area contributed by atoms with Gasteiger partial charge in [-0.05, 0) is 24.6 Å². The number of rotatable bonds is 6. The molecule has 0 bridgehead atoms. The molecule has 1 aromatic rings. The predicted octanol–water partition coefficient (Wildman–Crippen LogP) is 2.87. The van der Waals surface area contributed by atoms with Gasteiger partial charge >= 0.3 is 0 Å². The molecular formula is C11H15Cl2NO2. The number of benzene rings is 1. The summed E-state index contributed by atoms with van der Waals surface area (Å²) in [4.78, 5) is 0. The molecule has 0 saturated heterocycles. The molecule has 0 unspecified atom stereocenters. The molecule has 3 nitrogen and oxygen atoms in total. The summed E-state index contributed by atoms with van der Waals surface area (Å²) in [5.74, 6) is 0.567. The minimum atomic E-state index is 0.433. The third-order valence-electron chi connectivity index (χ3n) is 2.07. The molecule has 1 aromatic carbocycles. The molecule has 16 heavy (non-hydrogen) atoms. The Morgan fingerprint density at radius 1 is 1.25 bits per heavy atom. The van der Waals surface area contributed by atoms with Crippen LogP contribution >= 0.6 is 23.2 Å². The Morgan fingerprint density at radius 2 is 2.00 bits per heavy atom. The highest BCUT2D eigenvalue weighted by Gasteiger charge is 2.07. The molecule has 0 aliphatic rings. The van der Waals surface area contributed by atoms with Gasteiger partial charge in [0.15, 0.2) is 0 Å². The quantitative estimate of drug-likeness (QED) is 0.803. The van der Waals surface area contributed by atoms with Crippen LogP contribution in [0.3, 0.4) is 0 Å². The summed E-state index contributed by atoms with van der Waals surface area (Å²) in [5, 5.41) is 1.12. The first kappa shape index (κ1) is 13.6. The summed E-state index contributed by atoms with van der Waals surface area (Å²) in [6.45, 7) is 1.68. The van der Waals surface area contributed by atoms with E-state index in [-0.39, 0.29) is 0 Å². The predicted molar refractivity (Wildman–Crippen MR) is 66.3 cm³/mol. The van der Waals surface area contributed by atoms with Crippen molar-refractivity contribution in [3.05, 3.63) is 27.7 Å². The van der Waals surface area contributed by atoms with E-state index in [1.54, 1.807) is 19.2 Å². The van der Waals surface area contributed by atoms with Gasteiger partial charge in [-0.1, -0.05) is 23.2 Å². The molecule has 0 atom stereocenters. The Balaban J connectivity index is 2.63. The normalized spacial score (nSPS) is 10.5. The molecule has 0 aromatic heterocycles. The van der Waals surface area contributed by atoms with Gasteiger partial charge in [-0.2, -0.15) is 0 Å². The molecule has 5 heteroatoms. The van der Waals surface area contributed by atoms with Gasteiger partial charge in [0, 0.05) is 17.7 Å². The van der Waals surface area contributed by atoms with Crippen molar-refractivity contribution in [2.24, 2.45) is 5.73 Å². The van der Waals surface area contributed by atoms with Gasteiger partial charge in [0.2, 0.25) is 0 Å². The Bertz CT molecular complexity index is 345. The SMILES string of the molecule is COc1cc(Cl)c(COCCCN)cc1Cl. The highest BCUT2D eigenvalue weighted by Crippen LogP contribution is 2.31. The van der Waals surface area contributed by atoms with E-state index in [2.05, 4.69) is 0 Å². The summed E-state index contributed by atoms with van der Waals surface area (Å²) < 4.78 is 10.5. The van der Waals surface area contributed by atoms with Crippen LogP contribution in [0.25, 0.3) is 0 Å². The Hall–Kier alpha value is -0.480. The van der Waals surface area contributed by atoms with Crippen molar-refractivity contribution in [2.75, 3.05) is 20.3 Å². The summed E-state index contributed by atoms with van der Waals surface area (Å²) in [7, 11) is 1.55. The second-order valence-corrected chi connectivity index (χ2v) is 4.09. The van der Waals surface area contributed by atoms with Gasteiger partial charge in [-0.25, -0.2) is 0 Å². The number of halogens is 2. The van der Waals surface area contributed by atoms with Crippen LogP contribution < -0.4 is 10.5 Å². The first-order chi connectivity index (χ1) is 7.69. The fourth-order valence-electron chi connectivity index (χ4n) is 1.20. The zero-order chi connectivity index (χ0) is 12.0. The third kappa shape index (κ3) is 3.83. The van der Waals surface area contributed by atoms with E-state index in [9.17, 15) is 0 Å². The summed E-state index contributed by atoms with van der Waals surface area (Å²) in [5.41, 5.74) is 6.21. The van der Waals surface area contributed by atoms with E-state index in [1.807, 2.05) is 0 Å². The number of methoxy groups -OCH3 is 1. The maximum Gasteiger partial charge on any atom is 0.138 e. The van der Waals surface area contributed by atoms with Crippen LogP contribution in [-0.4, -0.2) is 20.3 Å². The minimum Gasteiger partial charge on any atom is -0.495 e. The zero-order valence-electron chi connectivity index (χ0n) is 9.13. The first-order valence-corrected chi connectivity index (χ1v) is 5.74. The van der Waals surface area contributed by atoms with Crippen LogP contribution in [0, 0.1) is 0 Å². The van der Waals surface area contributed by atoms with Crippen molar-refractivity contribution in [1.82, 2.24) is 0 Å². The van der Waals surface area contributed by atoms with E-state index in [0.717, 1.165) is 12.0 Å². The van der Waals surface area contributed by atoms with Gasteiger partial charge in [0.1, 0.15) is 5.75 Å². The molecular weight excluding hydrogens is 249 g/mol. The molecule has 1 rings (SSSR count). The van der Waals surface area contributed by atoms with E-state index in [4.69, 9.17) is 38.4 Å². The van der Waals surface area contributed by atoms with E-state index in [0.29, 0.717) is 35.6 Å². The van der Waals surface area contributed by atoms with Gasteiger partial charge in [0.25, 0.3) is 0 Å². The fraction of sp³-hybridized carbons (Fsp3) is 0.455. The lowest BCUT2D eigenvalue weighted by atomic mass is 10.2. The van der Waals surface area contributed by atoms with Crippen molar-refractivity contribution in [3.63, 3.8) is 0 Å². The molecule has 0 amide bonds.